The summed E-state index contributed by atoms with van der Waals surface area (Å²) < 4.78 is 28.1. The molecule has 3 aromatic carbocycles. The quantitative estimate of drug-likeness (QED) is 0.311. The Balaban J connectivity index is 1.57. The van der Waals surface area contributed by atoms with E-state index in [1.54, 1.807) is 18.2 Å². The van der Waals surface area contributed by atoms with Crippen LogP contribution in [0.25, 0.3) is 11.3 Å². The molecule has 0 saturated heterocycles. The fourth-order valence-electron chi connectivity index (χ4n) is 3.78. The Kier molecular flexibility index (Phi) is 6.74. The van der Waals surface area contributed by atoms with E-state index in [2.05, 4.69) is 34.1 Å². The Bertz CT molecular complexity index is 1460. The van der Waals surface area contributed by atoms with Crippen molar-refractivity contribution in [2.75, 3.05) is 10.0 Å². The summed E-state index contributed by atoms with van der Waals surface area (Å²) in [5, 5.41) is 5.54. The summed E-state index contributed by atoms with van der Waals surface area (Å²) in [6.45, 7) is 6.13. The minimum atomic E-state index is -3.91. The summed E-state index contributed by atoms with van der Waals surface area (Å²) in [4.78, 5) is 17.7. The maximum absolute atomic E-state index is 13.0. The number of anilines is 2. The number of para-hydroxylation sites is 1. The molecule has 34 heavy (non-hydrogen) atoms. The predicted molar refractivity (Wildman–Crippen MR) is 138 cm³/mol. The second-order valence-corrected chi connectivity index (χ2v) is 10.8. The number of hydrogen-bond donors (Lipinski definition) is 2. The molecular weight excluding hydrogens is 490 g/mol. The molecule has 0 fully saturated rings. The second kappa shape index (κ2) is 9.58. The Hall–Kier alpha value is -3.20. The van der Waals surface area contributed by atoms with Crippen LogP contribution in [0.1, 0.15) is 27.0 Å². The van der Waals surface area contributed by atoms with Gasteiger partial charge in [-0.1, -0.05) is 41.4 Å². The highest BCUT2D eigenvalue weighted by Crippen LogP contribution is 2.31. The molecule has 2 N–H and O–H groups in total. The third kappa shape index (κ3) is 5.14. The average molecular weight is 512 g/mol. The molecule has 0 bridgehead atoms. The first-order valence-corrected chi connectivity index (χ1v) is 13.1. The van der Waals surface area contributed by atoms with E-state index in [1.807, 2.05) is 19.2 Å². The van der Waals surface area contributed by atoms with E-state index in [9.17, 15) is 13.2 Å². The number of carbonyl (C=O) groups excluding carboxylic acids is 1. The molecule has 0 aliphatic rings. The molecule has 174 valence electrons. The zero-order valence-corrected chi connectivity index (χ0v) is 21.1. The summed E-state index contributed by atoms with van der Waals surface area (Å²) in [6, 6.07) is 16.4. The number of nitrogens with one attached hydrogen (secondary N) is 2. The van der Waals surface area contributed by atoms with E-state index in [-0.39, 0.29) is 16.1 Å². The Labute approximate surface area is 207 Å². The van der Waals surface area contributed by atoms with Gasteiger partial charge in [-0.05, 0) is 68.3 Å². The molecule has 0 aliphatic carbocycles. The molecule has 0 radical (unpaired) electrons. The highest BCUT2D eigenvalue weighted by Gasteiger charge is 2.20. The minimum absolute atomic E-state index is 0.0421. The van der Waals surface area contributed by atoms with Gasteiger partial charge in [0.05, 0.1) is 21.8 Å². The van der Waals surface area contributed by atoms with E-state index in [1.165, 1.54) is 47.2 Å². The number of nitrogens with zero attached hydrogens (tertiary/aromatic N) is 1. The topological polar surface area (TPSA) is 88.2 Å². The molecule has 0 unspecified atom stereocenters. The van der Waals surface area contributed by atoms with Crippen LogP contribution in [0.4, 0.5) is 10.8 Å². The highest BCUT2D eigenvalue weighted by atomic mass is 35.5. The summed E-state index contributed by atoms with van der Waals surface area (Å²) in [5.74, 6) is -0.465. The van der Waals surface area contributed by atoms with Crippen molar-refractivity contribution >= 4 is 49.7 Å². The zero-order chi connectivity index (χ0) is 24.5. The summed E-state index contributed by atoms with van der Waals surface area (Å²) in [5.41, 5.74) is 5.58. The van der Waals surface area contributed by atoms with Crippen LogP contribution in [0.5, 0.6) is 0 Å². The number of benzene rings is 3. The van der Waals surface area contributed by atoms with Gasteiger partial charge in [-0.25, -0.2) is 13.4 Å². The third-order valence-corrected chi connectivity index (χ3v) is 7.59. The van der Waals surface area contributed by atoms with Gasteiger partial charge >= 0.3 is 0 Å². The van der Waals surface area contributed by atoms with Crippen LogP contribution in [0.15, 0.2) is 70.9 Å². The molecule has 1 aromatic heterocycles. The molecule has 0 saturated carbocycles. The van der Waals surface area contributed by atoms with Gasteiger partial charge in [-0.2, -0.15) is 0 Å². The van der Waals surface area contributed by atoms with Crippen LogP contribution >= 0.6 is 22.9 Å². The van der Waals surface area contributed by atoms with Gasteiger partial charge in [-0.15, -0.1) is 11.3 Å². The molecule has 6 nitrogen and oxygen atoms in total. The smallest absolute Gasteiger partial charge is 0.261 e. The lowest BCUT2D eigenvalue weighted by Crippen LogP contribution is -2.18. The Morgan fingerprint density at radius 2 is 1.62 bits per heavy atom. The molecule has 9 heteroatoms. The number of halogens is 1. The van der Waals surface area contributed by atoms with Gasteiger partial charge in [0.1, 0.15) is 0 Å². The first kappa shape index (κ1) is 23.9. The van der Waals surface area contributed by atoms with Crippen LogP contribution < -0.4 is 10.0 Å². The molecule has 0 atom stereocenters. The molecule has 4 aromatic rings. The van der Waals surface area contributed by atoms with Gasteiger partial charge in [0, 0.05) is 16.0 Å². The Morgan fingerprint density at radius 3 is 2.29 bits per heavy atom. The first-order valence-electron chi connectivity index (χ1n) is 10.4. The predicted octanol–water partition coefficient (Wildman–Crippen LogP) is 6.44. The van der Waals surface area contributed by atoms with E-state index in [0.717, 1.165) is 22.4 Å². The SMILES string of the molecule is Cc1cc(C)c(-c2csc(NC(=O)c3ccccc3NS(=O)(=O)c3ccc(Cl)cc3)n2)c(C)c1. The van der Waals surface area contributed by atoms with Gasteiger partial charge in [0.25, 0.3) is 15.9 Å². The molecular formula is C25H22ClN3O3S2. The van der Waals surface area contributed by atoms with Gasteiger partial charge < -0.3 is 0 Å². The molecule has 1 amide bonds. The molecule has 1 heterocycles. The van der Waals surface area contributed by atoms with Crippen molar-refractivity contribution in [3.8, 4) is 11.3 Å². The van der Waals surface area contributed by atoms with Crippen molar-refractivity contribution in [2.24, 2.45) is 0 Å². The van der Waals surface area contributed by atoms with Crippen molar-refractivity contribution < 1.29 is 13.2 Å². The van der Waals surface area contributed by atoms with Crippen LogP contribution in [-0.4, -0.2) is 19.3 Å². The number of rotatable bonds is 6. The number of thiazole rings is 1. The van der Waals surface area contributed by atoms with E-state index in [4.69, 9.17) is 11.6 Å². The lowest BCUT2D eigenvalue weighted by molar-refractivity contribution is 0.102. The van der Waals surface area contributed by atoms with E-state index >= 15 is 0 Å². The maximum Gasteiger partial charge on any atom is 0.261 e. The molecule has 4 rings (SSSR count). The Morgan fingerprint density at radius 1 is 0.971 bits per heavy atom. The van der Waals surface area contributed by atoms with Gasteiger partial charge in [0.2, 0.25) is 0 Å². The number of aryl methyl sites for hydroxylation is 3. The van der Waals surface area contributed by atoms with Crippen molar-refractivity contribution in [1.29, 1.82) is 0 Å². The number of carbonyl (C=O) groups is 1. The van der Waals surface area contributed by atoms with Gasteiger partial charge in [-0.3, -0.25) is 14.8 Å². The summed E-state index contributed by atoms with van der Waals surface area (Å²) in [6.07, 6.45) is 0. The third-order valence-electron chi connectivity index (χ3n) is 5.20. The van der Waals surface area contributed by atoms with Crippen molar-refractivity contribution in [3.05, 3.63) is 93.3 Å². The fourth-order valence-corrected chi connectivity index (χ4v) is 5.68. The largest absolute Gasteiger partial charge is 0.298 e. The number of hydrogen-bond acceptors (Lipinski definition) is 5. The normalized spacial score (nSPS) is 11.3. The fraction of sp³-hybridized carbons (Fsp3) is 0.120. The highest BCUT2D eigenvalue weighted by molar-refractivity contribution is 7.92. The van der Waals surface area contributed by atoms with E-state index < -0.39 is 15.9 Å². The van der Waals surface area contributed by atoms with Crippen LogP contribution in [0.2, 0.25) is 5.02 Å². The second-order valence-electron chi connectivity index (χ2n) is 7.87. The molecule has 0 spiro atoms. The van der Waals surface area contributed by atoms with Crippen LogP contribution in [0, 0.1) is 20.8 Å². The van der Waals surface area contributed by atoms with Crippen LogP contribution in [-0.2, 0) is 10.0 Å². The molecule has 0 aliphatic heterocycles. The van der Waals surface area contributed by atoms with Crippen molar-refractivity contribution in [1.82, 2.24) is 4.98 Å². The van der Waals surface area contributed by atoms with Crippen molar-refractivity contribution in [3.63, 3.8) is 0 Å². The standard InChI is InChI=1S/C25H22ClN3O3S2/c1-15-12-16(2)23(17(3)13-15)22-14-33-25(27-22)28-24(30)20-6-4-5-7-21(20)29-34(31,32)19-10-8-18(26)9-11-19/h4-14,29H,1-3H3,(H,27,28,30). The number of aromatic nitrogens is 1. The van der Waals surface area contributed by atoms with Crippen LogP contribution in [0.3, 0.4) is 0 Å². The lowest BCUT2D eigenvalue weighted by Gasteiger charge is -2.12. The maximum atomic E-state index is 13.0. The first-order chi connectivity index (χ1) is 16.1. The minimum Gasteiger partial charge on any atom is -0.298 e. The van der Waals surface area contributed by atoms with Crippen molar-refractivity contribution in [2.45, 2.75) is 25.7 Å². The zero-order valence-electron chi connectivity index (χ0n) is 18.7. The lowest BCUT2D eigenvalue weighted by atomic mass is 9.98. The number of amides is 1. The van der Waals surface area contributed by atoms with Gasteiger partial charge in [0.15, 0.2) is 5.13 Å². The summed E-state index contributed by atoms with van der Waals surface area (Å²) >= 11 is 7.17. The average Bonchev–Trinajstić information content (AvgIpc) is 3.21. The monoisotopic (exact) mass is 511 g/mol. The van der Waals surface area contributed by atoms with E-state index in [0.29, 0.717) is 10.2 Å². The summed E-state index contributed by atoms with van der Waals surface area (Å²) in [7, 11) is -3.91. The number of sulfonamides is 1.